The summed E-state index contributed by atoms with van der Waals surface area (Å²) in [5, 5.41) is 17.9. The highest BCUT2D eigenvalue weighted by Gasteiger charge is 2.08. The summed E-state index contributed by atoms with van der Waals surface area (Å²) in [4.78, 5) is 16.6. The van der Waals surface area contributed by atoms with Gasteiger partial charge in [0.1, 0.15) is 10.8 Å². The molecule has 0 spiro atoms. The van der Waals surface area contributed by atoms with E-state index in [9.17, 15) is 4.79 Å². The van der Waals surface area contributed by atoms with Crippen molar-refractivity contribution in [3.05, 3.63) is 44.9 Å². The van der Waals surface area contributed by atoms with Crippen molar-refractivity contribution in [1.29, 1.82) is 0 Å². The fourth-order valence-electron chi connectivity index (χ4n) is 1.58. The largest absolute Gasteiger partial charge is 0.375 e. The van der Waals surface area contributed by atoms with Gasteiger partial charge in [0.15, 0.2) is 5.82 Å². The maximum atomic E-state index is 11.3. The highest BCUT2D eigenvalue weighted by atomic mass is 35.5. The summed E-state index contributed by atoms with van der Waals surface area (Å²) >= 11 is 7.42. The number of aromatic nitrogens is 5. The number of aromatic amines is 2. The molecule has 0 aliphatic carbocycles. The molecule has 0 saturated carbocycles. The lowest BCUT2D eigenvalue weighted by atomic mass is 10.4. The molecule has 7 nitrogen and oxygen atoms in total. The first-order chi connectivity index (χ1) is 9.74. The molecule has 0 atom stereocenters. The zero-order chi connectivity index (χ0) is 13.9. The smallest absolute Gasteiger partial charge is 0.285 e. The Labute approximate surface area is 122 Å². The maximum absolute atomic E-state index is 11.3. The predicted octanol–water partition coefficient (Wildman–Crippen LogP) is 1.88. The van der Waals surface area contributed by atoms with Gasteiger partial charge in [-0.2, -0.15) is 10.2 Å². The van der Waals surface area contributed by atoms with Crippen LogP contribution in [-0.4, -0.2) is 25.4 Å². The molecule has 3 N–H and O–H groups in total. The number of halogens is 1. The third-order valence-corrected chi connectivity index (χ3v) is 3.76. The monoisotopic (exact) mass is 308 g/mol. The molecule has 3 aromatic rings. The van der Waals surface area contributed by atoms with Crippen LogP contribution in [0.4, 0.5) is 5.69 Å². The van der Waals surface area contributed by atoms with Gasteiger partial charge in [-0.15, -0.1) is 11.3 Å². The molecule has 3 aromatic heterocycles. The summed E-state index contributed by atoms with van der Waals surface area (Å²) in [6, 6.07) is 3.89. The zero-order valence-corrected chi connectivity index (χ0v) is 11.6. The van der Waals surface area contributed by atoms with Crippen LogP contribution in [0.15, 0.2) is 28.5 Å². The molecule has 0 aromatic carbocycles. The van der Waals surface area contributed by atoms with Gasteiger partial charge < -0.3 is 5.32 Å². The van der Waals surface area contributed by atoms with Gasteiger partial charge >= 0.3 is 0 Å². The van der Waals surface area contributed by atoms with E-state index >= 15 is 0 Å². The van der Waals surface area contributed by atoms with E-state index < -0.39 is 5.56 Å². The third-order valence-electron chi connectivity index (χ3n) is 2.52. The fourth-order valence-corrected chi connectivity index (χ4v) is 2.39. The summed E-state index contributed by atoms with van der Waals surface area (Å²) < 4.78 is 0. The average Bonchev–Trinajstić information content (AvgIpc) is 3.10. The normalized spacial score (nSPS) is 10.7. The van der Waals surface area contributed by atoms with Gasteiger partial charge in [-0.1, -0.05) is 17.7 Å². The minimum atomic E-state index is -0.437. The van der Waals surface area contributed by atoms with E-state index in [1.54, 1.807) is 11.3 Å². The number of nitrogens with zero attached hydrogens (tertiary/aromatic N) is 3. The van der Waals surface area contributed by atoms with Crippen LogP contribution in [0.25, 0.3) is 10.7 Å². The van der Waals surface area contributed by atoms with E-state index in [1.807, 2.05) is 17.5 Å². The minimum Gasteiger partial charge on any atom is -0.375 e. The predicted molar refractivity (Wildman–Crippen MR) is 76.9 cm³/mol. The van der Waals surface area contributed by atoms with E-state index in [0.29, 0.717) is 23.9 Å². The molecule has 0 unspecified atom stereocenters. The number of H-pyrrole nitrogens is 2. The molecule has 3 rings (SSSR count). The molecule has 0 radical (unpaired) electrons. The topological polar surface area (TPSA) is 99.3 Å². The Morgan fingerprint density at radius 2 is 2.30 bits per heavy atom. The van der Waals surface area contributed by atoms with E-state index in [1.165, 1.54) is 6.20 Å². The second kappa shape index (κ2) is 5.43. The Bertz CT molecular complexity index is 765. The molecule has 3 heterocycles. The Balaban J connectivity index is 1.73. The van der Waals surface area contributed by atoms with Gasteiger partial charge in [0.25, 0.3) is 5.56 Å². The van der Waals surface area contributed by atoms with Crippen LogP contribution in [0.1, 0.15) is 5.82 Å². The standard InChI is InChI=1S/C11H9ClN6OS/c12-9-6(4-14-18-11(9)19)13-5-8-15-10(17-16-8)7-2-1-3-20-7/h1-4H,5H2,(H2,13,18,19)(H,15,16,17). The van der Waals surface area contributed by atoms with E-state index in [4.69, 9.17) is 11.6 Å². The second-order valence-electron chi connectivity index (χ2n) is 3.86. The summed E-state index contributed by atoms with van der Waals surface area (Å²) in [5.74, 6) is 1.29. The fraction of sp³-hybridized carbons (Fsp3) is 0.0909. The van der Waals surface area contributed by atoms with Gasteiger partial charge in [-0.3, -0.25) is 9.89 Å². The van der Waals surface area contributed by atoms with Crippen molar-refractivity contribution < 1.29 is 0 Å². The molecule has 0 amide bonds. The number of hydrogen-bond donors (Lipinski definition) is 3. The first kappa shape index (κ1) is 12.8. The summed E-state index contributed by atoms with van der Waals surface area (Å²) in [5.41, 5.74) is 0.0120. The highest BCUT2D eigenvalue weighted by Crippen LogP contribution is 2.21. The van der Waals surface area contributed by atoms with Crippen LogP contribution < -0.4 is 10.9 Å². The average molecular weight is 309 g/mol. The van der Waals surface area contributed by atoms with Crippen molar-refractivity contribution in [3.8, 4) is 10.7 Å². The van der Waals surface area contributed by atoms with Gasteiger partial charge in [0.2, 0.25) is 0 Å². The van der Waals surface area contributed by atoms with Crippen LogP contribution in [0.2, 0.25) is 5.02 Å². The molecule has 0 saturated heterocycles. The van der Waals surface area contributed by atoms with Crippen LogP contribution in [0.5, 0.6) is 0 Å². The molecule has 0 fully saturated rings. The highest BCUT2D eigenvalue weighted by molar-refractivity contribution is 7.13. The molecule has 102 valence electrons. The number of nitrogens with one attached hydrogen (secondary N) is 3. The quantitative estimate of drug-likeness (QED) is 0.683. The molecule has 9 heteroatoms. The minimum absolute atomic E-state index is 0.0676. The maximum Gasteiger partial charge on any atom is 0.285 e. The van der Waals surface area contributed by atoms with E-state index in [-0.39, 0.29) is 5.02 Å². The lowest BCUT2D eigenvalue weighted by Gasteiger charge is -2.03. The van der Waals surface area contributed by atoms with Crippen molar-refractivity contribution in [3.63, 3.8) is 0 Å². The Morgan fingerprint density at radius 1 is 1.40 bits per heavy atom. The van der Waals surface area contributed by atoms with Crippen molar-refractivity contribution in [1.82, 2.24) is 25.4 Å². The lowest BCUT2D eigenvalue weighted by molar-refractivity contribution is 0.940. The zero-order valence-electron chi connectivity index (χ0n) is 10.1. The first-order valence-electron chi connectivity index (χ1n) is 5.66. The molecule has 0 bridgehead atoms. The molecular formula is C11H9ClN6OS. The molecule has 20 heavy (non-hydrogen) atoms. The number of rotatable bonds is 4. The van der Waals surface area contributed by atoms with Crippen molar-refractivity contribution in [2.45, 2.75) is 6.54 Å². The van der Waals surface area contributed by atoms with E-state index in [2.05, 4.69) is 30.7 Å². The van der Waals surface area contributed by atoms with E-state index in [0.717, 1.165) is 4.88 Å². The van der Waals surface area contributed by atoms with Gasteiger partial charge in [-0.05, 0) is 11.4 Å². The van der Waals surface area contributed by atoms with Crippen molar-refractivity contribution >= 4 is 28.6 Å². The third kappa shape index (κ3) is 2.56. The van der Waals surface area contributed by atoms with Gasteiger partial charge in [-0.25, -0.2) is 10.1 Å². The number of hydrogen-bond acceptors (Lipinski definition) is 6. The number of thiophene rings is 1. The van der Waals surface area contributed by atoms with Gasteiger partial charge in [0.05, 0.1) is 23.3 Å². The summed E-state index contributed by atoms with van der Waals surface area (Å²) in [6.07, 6.45) is 1.44. The SMILES string of the molecule is O=c1[nH]ncc(NCc2nc(-c3cccs3)n[nH]2)c1Cl. The molecular weight excluding hydrogens is 300 g/mol. The Kier molecular flexibility index (Phi) is 3.48. The Hall–Kier alpha value is -2.19. The number of anilines is 1. The van der Waals surface area contributed by atoms with Crippen LogP contribution >= 0.6 is 22.9 Å². The summed E-state index contributed by atoms with van der Waals surface area (Å²) in [6.45, 7) is 0.364. The van der Waals surface area contributed by atoms with Crippen LogP contribution in [-0.2, 0) is 6.54 Å². The van der Waals surface area contributed by atoms with Crippen molar-refractivity contribution in [2.24, 2.45) is 0 Å². The van der Waals surface area contributed by atoms with Crippen molar-refractivity contribution in [2.75, 3.05) is 5.32 Å². The first-order valence-corrected chi connectivity index (χ1v) is 6.92. The van der Waals surface area contributed by atoms with Gasteiger partial charge in [0, 0.05) is 0 Å². The van der Waals surface area contributed by atoms with Crippen LogP contribution in [0, 0.1) is 0 Å². The summed E-state index contributed by atoms with van der Waals surface area (Å²) in [7, 11) is 0. The lowest BCUT2D eigenvalue weighted by Crippen LogP contribution is -2.12. The molecule has 0 aliphatic rings. The molecule has 0 aliphatic heterocycles. The van der Waals surface area contributed by atoms with Crippen LogP contribution in [0.3, 0.4) is 0 Å². The Morgan fingerprint density at radius 3 is 3.10 bits per heavy atom. The second-order valence-corrected chi connectivity index (χ2v) is 5.19.